The molecule has 0 heterocycles. The van der Waals surface area contributed by atoms with Crippen LogP contribution in [0.3, 0.4) is 0 Å². The lowest BCUT2D eigenvalue weighted by Crippen LogP contribution is -2.57. The van der Waals surface area contributed by atoms with Crippen molar-refractivity contribution in [2.45, 2.75) is 38.9 Å². The predicted molar refractivity (Wildman–Crippen MR) is 65.1 cm³/mol. The van der Waals surface area contributed by atoms with Crippen LogP contribution in [-0.4, -0.2) is 38.7 Å². The molecule has 0 saturated carbocycles. The summed E-state index contributed by atoms with van der Waals surface area (Å²) in [5.74, 6) is 0. The van der Waals surface area contributed by atoms with Gasteiger partial charge in [-0.15, -0.1) is 0 Å². The van der Waals surface area contributed by atoms with Crippen LogP contribution in [0.1, 0.15) is 20.8 Å². The Morgan fingerprint density at radius 3 is 1.33 bits per heavy atom. The molecule has 0 aliphatic heterocycles. The first-order chi connectivity index (χ1) is 6.64. The van der Waals surface area contributed by atoms with Gasteiger partial charge < -0.3 is 17.4 Å². The third kappa shape index (κ3) is 3.65. The van der Waals surface area contributed by atoms with E-state index >= 15 is 0 Å². The van der Waals surface area contributed by atoms with Crippen molar-refractivity contribution in [2.24, 2.45) is 0 Å². The fourth-order valence-corrected chi connectivity index (χ4v) is 6.07. The predicted octanol–water partition coefficient (Wildman–Crippen LogP) is 2.38. The highest BCUT2D eigenvalue weighted by Crippen LogP contribution is 2.38. The minimum Gasteiger partial charge on any atom is -0.394 e. The Hall–Kier alpha value is 0.274. The lowest BCUT2D eigenvalue weighted by molar-refractivity contribution is 0.0459. The fraction of sp³-hybridized carbons (Fsp3) is 1.00. The average Bonchev–Trinajstić information content (AvgIpc) is 2.12. The molecule has 0 bridgehead atoms. The molecule has 0 spiro atoms. The molecule has 0 rings (SSSR count). The number of rotatable bonds is 5. The SMILES string of the molecule is CO[Si](OC)(OC)O[Si](C)(C)C(C)(C)C. The zero-order valence-corrected chi connectivity index (χ0v) is 13.1. The molecule has 0 aliphatic rings. The molecular weight excluding hydrogens is 228 g/mol. The summed E-state index contributed by atoms with van der Waals surface area (Å²) in [7, 11) is -0.132. The molecule has 0 unspecified atom stereocenters. The minimum absolute atomic E-state index is 0.112. The van der Waals surface area contributed by atoms with E-state index in [1.165, 1.54) is 0 Å². The van der Waals surface area contributed by atoms with E-state index in [1.54, 1.807) is 21.3 Å². The molecule has 15 heavy (non-hydrogen) atoms. The van der Waals surface area contributed by atoms with E-state index in [2.05, 4.69) is 33.9 Å². The van der Waals surface area contributed by atoms with Crippen molar-refractivity contribution in [1.82, 2.24) is 0 Å². The minimum atomic E-state index is -2.90. The first-order valence-electron chi connectivity index (χ1n) is 5.00. The Labute approximate surface area is 95.5 Å². The highest BCUT2D eigenvalue weighted by atomic mass is 28.5. The molecule has 0 amide bonds. The topological polar surface area (TPSA) is 36.9 Å². The smallest absolute Gasteiger partial charge is 0.394 e. The van der Waals surface area contributed by atoms with Gasteiger partial charge in [-0.05, 0) is 18.1 Å². The lowest BCUT2D eigenvalue weighted by Gasteiger charge is -2.40. The third-order valence-corrected chi connectivity index (χ3v) is 11.1. The Kier molecular flexibility index (Phi) is 5.16. The molecule has 0 fully saturated rings. The molecule has 0 N–H and O–H groups in total. The van der Waals surface area contributed by atoms with Gasteiger partial charge in [0.15, 0.2) is 8.32 Å². The van der Waals surface area contributed by atoms with Gasteiger partial charge in [-0.25, -0.2) is 0 Å². The van der Waals surface area contributed by atoms with Crippen molar-refractivity contribution in [3.63, 3.8) is 0 Å². The molecule has 6 heteroatoms. The largest absolute Gasteiger partial charge is 0.668 e. The van der Waals surface area contributed by atoms with Crippen LogP contribution in [-0.2, 0) is 17.4 Å². The van der Waals surface area contributed by atoms with Crippen molar-refractivity contribution < 1.29 is 17.4 Å². The lowest BCUT2D eigenvalue weighted by atomic mass is 10.2. The summed E-state index contributed by atoms with van der Waals surface area (Å²) in [6.07, 6.45) is 0. The second kappa shape index (κ2) is 5.07. The van der Waals surface area contributed by atoms with Gasteiger partial charge in [0.25, 0.3) is 0 Å². The second-order valence-electron chi connectivity index (χ2n) is 4.97. The zero-order valence-electron chi connectivity index (χ0n) is 11.1. The van der Waals surface area contributed by atoms with Crippen molar-refractivity contribution in [3.8, 4) is 0 Å². The van der Waals surface area contributed by atoms with Gasteiger partial charge >= 0.3 is 9.05 Å². The molecule has 0 aromatic heterocycles. The van der Waals surface area contributed by atoms with Crippen LogP contribution in [0, 0.1) is 0 Å². The van der Waals surface area contributed by atoms with Crippen LogP contribution in [0.2, 0.25) is 18.1 Å². The molecule has 0 aliphatic carbocycles. The van der Waals surface area contributed by atoms with Gasteiger partial charge in [0, 0.05) is 21.3 Å². The quantitative estimate of drug-likeness (QED) is 0.704. The number of hydrogen-bond acceptors (Lipinski definition) is 4. The molecular formula is C9H24O4Si2. The van der Waals surface area contributed by atoms with Gasteiger partial charge in [-0.1, -0.05) is 20.8 Å². The maximum absolute atomic E-state index is 6.05. The van der Waals surface area contributed by atoms with Crippen LogP contribution in [0.4, 0.5) is 0 Å². The van der Waals surface area contributed by atoms with Crippen LogP contribution in [0.25, 0.3) is 0 Å². The molecule has 0 aromatic carbocycles. The standard InChI is InChI=1S/C9H24O4Si2/c1-9(2,3)14(7,8)13-15(10-4,11-5)12-6/h1-8H3. The van der Waals surface area contributed by atoms with E-state index in [-0.39, 0.29) is 5.04 Å². The van der Waals surface area contributed by atoms with Crippen LogP contribution < -0.4 is 0 Å². The monoisotopic (exact) mass is 252 g/mol. The van der Waals surface area contributed by atoms with E-state index in [1.807, 2.05) is 0 Å². The average molecular weight is 252 g/mol. The van der Waals surface area contributed by atoms with E-state index < -0.39 is 17.4 Å². The van der Waals surface area contributed by atoms with Gasteiger partial charge in [0.05, 0.1) is 0 Å². The van der Waals surface area contributed by atoms with Crippen molar-refractivity contribution in [1.29, 1.82) is 0 Å². The summed E-state index contributed by atoms with van der Waals surface area (Å²) in [5, 5.41) is 0.112. The van der Waals surface area contributed by atoms with Crippen LogP contribution in [0.15, 0.2) is 0 Å². The first-order valence-corrected chi connectivity index (χ1v) is 9.54. The Balaban J connectivity index is 4.82. The Morgan fingerprint density at radius 1 is 0.800 bits per heavy atom. The molecule has 0 radical (unpaired) electrons. The maximum atomic E-state index is 6.05. The van der Waals surface area contributed by atoms with E-state index in [9.17, 15) is 0 Å². The van der Waals surface area contributed by atoms with E-state index in [0.717, 1.165) is 0 Å². The summed E-state index contributed by atoms with van der Waals surface area (Å²) < 4.78 is 21.9. The van der Waals surface area contributed by atoms with E-state index in [0.29, 0.717) is 0 Å². The van der Waals surface area contributed by atoms with Crippen molar-refractivity contribution >= 4 is 17.4 Å². The zero-order chi connectivity index (χ0) is 12.3. The molecule has 0 aromatic rings. The third-order valence-electron chi connectivity index (χ3n) is 2.94. The summed E-state index contributed by atoms with van der Waals surface area (Å²) in [6.45, 7) is 10.8. The summed E-state index contributed by atoms with van der Waals surface area (Å²) >= 11 is 0. The van der Waals surface area contributed by atoms with Gasteiger partial charge in [0.1, 0.15) is 0 Å². The number of hydrogen-bond donors (Lipinski definition) is 0. The normalized spacial score (nSPS) is 14.4. The first kappa shape index (κ1) is 15.3. The summed E-state index contributed by atoms with van der Waals surface area (Å²) in [4.78, 5) is 0. The van der Waals surface area contributed by atoms with Crippen LogP contribution in [0.5, 0.6) is 0 Å². The van der Waals surface area contributed by atoms with Gasteiger partial charge in [-0.3, -0.25) is 0 Å². The van der Waals surface area contributed by atoms with Crippen molar-refractivity contribution in [3.05, 3.63) is 0 Å². The second-order valence-corrected chi connectivity index (χ2v) is 12.5. The van der Waals surface area contributed by atoms with Crippen LogP contribution >= 0.6 is 0 Å². The van der Waals surface area contributed by atoms with Gasteiger partial charge in [-0.2, -0.15) is 0 Å². The highest BCUT2D eigenvalue weighted by Gasteiger charge is 2.51. The molecule has 92 valence electrons. The Bertz CT molecular complexity index is 189. The maximum Gasteiger partial charge on any atom is 0.668 e. The fourth-order valence-electron chi connectivity index (χ4n) is 0.841. The summed E-state index contributed by atoms with van der Waals surface area (Å²) in [6, 6.07) is 0. The molecule has 0 saturated heterocycles. The highest BCUT2D eigenvalue weighted by molar-refractivity contribution is 6.81. The molecule has 4 nitrogen and oxygen atoms in total. The Morgan fingerprint density at radius 2 is 1.13 bits per heavy atom. The van der Waals surface area contributed by atoms with Gasteiger partial charge in [0.2, 0.25) is 0 Å². The van der Waals surface area contributed by atoms with Crippen molar-refractivity contribution in [2.75, 3.05) is 21.3 Å². The van der Waals surface area contributed by atoms with E-state index in [4.69, 9.17) is 17.4 Å². The summed E-state index contributed by atoms with van der Waals surface area (Å²) in [5.41, 5.74) is 0. The molecule has 0 atom stereocenters.